The molecule has 0 saturated heterocycles. The summed E-state index contributed by atoms with van der Waals surface area (Å²) >= 11 is 2.20. The first kappa shape index (κ1) is 11.6. The van der Waals surface area contributed by atoms with Crippen molar-refractivity contribution in [2.75, 3.05) is 0 Å². The molecule has 0 bridgehead atoms. The Labute approximate surface area is 109 Å². The number of hydrogen-bond donors (Lipinski definition) is 0. The van der Waals surface area contributed by atoms with Gasteiger partial charge in [-0.05, 0) is 47.1 Å². The van der Waals surface area contributed by atoms with E-state index in [0.717, 1.165) is 22.0 Å². The highest BCUT2D eigenvalue weighted by atomic mass is 127. The van der Waals surface area contributed by atoms with Gasteiger partial charge in [-0.15, -0.1) is 0 Å². The van der Waals surface area contributed by atoms with Gasteiger partial charge in [-0.2, -0.15) is 5.26 Å². The van der Waals surface area contributed by atoms with E-state index in [1.807, 2.05) is 24.3 Å². The smallest absolute Gasteiger partial charge is 0.157 e. The van der Waals surface area contributed by atoms with E-state index in [0.29, 0.717) is 12.8 Å². The van der Waals surface area contributed by atoms with Gasteiger partial charge < -0.3 is 0 Å². The summed E-state index contributed by atoms with van der Waals surface area (Å²) in [6.45, 7) is 0. The summed E-state index contributed by atoms with van der Waals surface area (Å²) < 4.78 is 1.01. The SMILES string of the molecule is N#CC1(c2ccccc2I)CCCCC1=O. The van der Waals surface area contributed by atoms with E-state index in [1.54, 1.807) is 0 Å². The van der Waals surface area contributed by atoms with Crippen molar-refractivity contribution in [1.82, 2.24) is 0 Å². The first-order chi connectivity index (χ1) is 7.70. The second-order valence-electron chi connectivity index (χ2n) is 4.13. The Bertz CT molecular complexity index is 463. The van der Waals surface area contributed by atoms with Crippen molar-refractivity contribution in [2.24, 2.45) is 0 Å². The summed E-state index contributed by atoms with van der Waals surface area (Å²) in [5, 5.41) is 9.42. The number of ketones is 1. The molecular formula is C13H12INO. The van der Waals surface area contributed by atoms with Crippen LogP contribution in [0.15, 0.2) is 24.3 Å². The van der Waals surface area contributed by atoms with Crippen molar-refractivity contribution in [2.45, 2.75) is 31.1 Å². The zero-order valence-corrected chi connectivity index (χ0v) is 11.0. The Hall–Kier alpha value is -0.890. The van der Waals surface area contributed by atoms with Crippen LogP contribution in [-0.4, -0.2) is 5.78 Å². The molecule has 1 aliphatic carbocycles. The molecule has 0 N–H and O–H groups in total. The molecule has 1 atom stereocenters. The van der Waals surface area contributed by atoms with Crippen LogP contribution in [0.25, 0.3) is 0 Å². The van der Waals surface area contributed by atoms with E-state index in [4.69, 9.17) is 0 Å². The minimum atomic E-state index is -0.879. The highest BCUT2D eigenvalue weighted by Crippen LogP contribution is 2.38. The molecule has 0 radical (unpaired) electrons. The van der Waals surface area contributed by atoms with E-state index >= 15 is 0 Å². The normalized spacial score (nSPS) is 25.1. The number of nitriles is 1. The lowest BCUT2D eigenvalue weighted by Crippen LogP contribution is -2.37. The summed E-state index contributed by atoms with van der Waals surface area (Å²) in [5.41, 5.74) is 0.0125. The van der Waals surface area contributed by atoms with Gasteiger partial charge in [-0.1, -0.05) is 24.6 Å². The molecule has 0 spiro atoms. The average Bonchev–Trinajstić information content (AvgIpc) is 2.31. The van der Waals surface area contributed by atoms with Crippen molar-refractivity contribution in [3.63, 3.8) is 0 Å². The van der Waals surface area contributed by atoms with Crippen molar-refractivity contribution in [1.29, 1.82) is 5.26 Å². The van der Waals surface area contributed by atoms with Crippen LogP contribution in [0.2, 0.25) is 0 Å². The maximum absolute atomic E-state index is 12.1. The molecule has 1 aromatic rings. The molecule has 1 aromatic carbocycles. The molecule has 1 unspecified atom stereocenters. The topological polar surface area (TPSA) is 40.9 Å². The van der Waals surface area contributed by atoms with Gasteiger partial charge in [0, 0.05) is 9.99 Å². The fourth-order valence-corrected chi connectivity index (χ4v) is 3.15. The summed E-state index contributed by atoms with van der Waals surface area (Å²) in [7, 11) is 0. The quantitative estimate of drug-likeness (QED) is 0.744. The number of Topliss-reactive ketones (excluding diaryl/α,β-unsaturated/α-hetero) is 1. The largest absolute Gasteiger partial charge is 0.298 e. The molecule has 0 aromatic heterocycles. The molecule has 3 heteroatoms. The standard InChI is InChI=1S/C13H12INO/c14-11-6-2-1-5-10(11)13(9-15)8-4-3-7-12(13)16/h1-2,5-6H,3-4,7-8H2. The first-order valence-electron chi connectivity index (χ1n) is 5.40. The first-order valence-corrected chi connectivity index (χ1v) is 6.48. The third kappa shape index (κ3) is 1.75. The van der Waals surface area contributed by atoms with Gasteiger partial charge in [-0.25, -0.2) is 0 Å². The van der Waals surface area contributed by atoms with Crippen molar-refractivity contribution in [3.05, 3.63) is 33.4 Å². The van der Waals surface area contributed by atoms with Crippen LogP contribution in [0.4, 0.5) is 0 Å². The highest BCUT2D eigenvalue weighted by Gasteiger charge is 2.42. The van der Waals surface area contributed by atoms with E-state index < -0.39 is 5.41 Å². The van der Waals surface area contributed by atoms with Crippen LogP contribution in [-0.2, 0) is 10.2 Å². The predicted molar refractivity (Wildman–Crippen MR) is 69.9 cm³/mol. The maximum Gasteiger partial charge on any atom is 0.157 e. The van der Waals surface area contributed by atoms with Crippen molar-refractivity contribution < 1.29 is 4.79 Å². The summed E-state index contributed by atoms with van der Waals surface area (Å²) in [6.07, 6.45) is 3.09. The van der Waals surface area contributed by atoms with E-state index in [-0.39, 0.29) is 5.78 Å². The van der Waals surface area contributed by atoms with E-state index in [2.05, 4.69) is 28.7 Å². The number of nitrogens with zero attached hydrogens (tertiary/aromatic N) is 1. The van der Waals surface area contributed by atoms with Gasteiger partial charge in [0.1, 0.15) is 5.41 Å². The summed E-state index contributed by atoms with van der Waals surface area (Å²) in [6, 6.07) is 9.97. The van der Waals surface area contributed by atoms with Gasteiger partial charge in [0.25, 0.3) is 0 Å². The Morgan fingerprint density at radius 3 is 2.69 bits per heavy atom. The van der Waals surface area contributed by atoms with Gasteiger partial charge >= 0.3 is 0 Å². The van der Waals surface area contributed by atoms with Gasteiger partial charge in [0.2, 0.25) is 0 Å². The van der Waals surface area contributed by atoms with Gasteiger partial charge in [0.05, 0.1) is 6.07 Å². The Balaban J connectivity index is 2.54. The molecule has 0 heterocycles. The zero-order chi connectivity index (χ0) is 11.6. The summed E-state index contributed by atoms with van der Waals surface area (Å²) in [5.74, 6) is 0.0883. The fourth-order valence-electron chi connectivity index (χ4n) is 2.30. The Morgan fingerprint density at radius 2 is 2.06 bits per heavy atom. The number of benzene rings is 1. The average molecular weight is 325 g/mol. The number of rotatable bonds is 1. The molecule has 1 saturated carbocycles. The van der Waals surface area contributed by atoms with Gasteiger partial charge in [-0.3, -0.25) is 4.79 Å². The van der Waals surface area contributed by atoms with Crippen LogP contribution >= 0.6 is 22.6 Å². The second-order valence-corrected chi connectivity index (χ2v) is 5.29. The maximum atomic E-state index is 12.1. The number of hydrogen-bond acceptors (Lipinski definition) is 2. The second kappa shape index (κ2) is 4.54. The molecule has 2 nitrogen and oxygen atoms in total. The molecule has 1 fully saturated rings. The third-order valence-electron chi connectivity index (χ3n) is 3.21. The molecule has 16 heavy (non-hydrogen) atoms. The molecule has 2 rings (SSSR count). The number of carbonyl (C=O) groups excluding carboxylic acids is 1. The predicted octanol–water partition coefficient (Wildman–Crippen LogP) is 3.20. The molecular weight excluding hydrogens is 313 g/mol. The molecule has 1 aliphatic rings. The van der Waals surface area contributed by atoms with E-state index in [1.165, 1.54) is 0 Å². The fraction of sp³-hybridized carbons (Fsp3) is 0.385. The number of halogens is 1. The van der Waals surface area contributed by atoms with E-state index in [9.17, 15) is 10.1 Å². The lowest BCUT2D eigenvalue weighted by molar-refractivity contribution is -0.124. The zero-order valence-electron chi connectivity index (χ0n) is 8.87. The van der Waals surface area contributed by atoms with Crippen LogP contribution in [0.5, 0.6) is 0 Å². The highest BCUT2D eigenvalue weighted by molar-refractivity contribution is 14.1. The van der Waals surface area contributed by atoms with Crippen LogP contribution < -0.4 is 0 Å². The van der Waals surface area contributed by atoms with Crippen LogP contribution in [0, 0.1) is 14.9 Å². The third-order valence-corrected chi connectivity index (χ3v) is 4.15. The molecule has 0 amide bonds. The minimum Gasteiger partial charge on any atom is -0.298 e. The summed E-state index contributed by atoms with van der Waals surface area (Å²) in [4.78, 5) is 12.1. The van der Waals surface area contributed by atoms with Gasteiger partial charge in [0.15, 0.2) is 5.78 Å². The Kier molecular flexibility index (Phi) is 3.29. The van der Waals surface area contributed by atoms with Crippen molar-refractivity contribution >= 4 is 28.4 Å². The lowest BCUT2D eigenvalue weighted by Gasteiger charge is -2.30. The molecule has 82 valence electrons. The van der Waals surface area contributed by atoms with Crippen LogP contribution in [0.1, 0.15) is 31.2 Å². The molecule has 0 aliphatic heterocycles. The Morgan fingerprint density at radius 1 is 1.31 bits per heavy atom. The van der Waals surface area contributed by atoms with Crippen molar-refractivity contribution in [3.8, 4) is 6.07 Å². The monoisotopic (exact) mass is 325 g/mol. The lowest BCUT2D eigenvalue weighted by atomic mass is 9.69. The minimum absolute atomic E-state index is 0.0883. The van der Waals surface area contributed by atoms with Crippen LogP contribution in [0.3, 0.4) is 0 Å². The number of carbonyl (C=O) groups is 1.